The number of hydrogen-bond donors (Lipinski definition) is 3. The van der Waals surface area contributed by atoms with Gasteiger partial charge in [0, 0.05) is 34.1 Å². The highest BCUT2D eigenvalue weighted by atomic mass is 127. The van der Waals surface area contributed by atoms with Gasteiger partial charge in [-0.1, -0.05) is 40.8 Å². The Balaban J connectivity index is 1.66. The van der Waals surface area contributed by atoms with Gasteiger partial charge in [-0.2, -0.15) is 5.10 Å². The molecule has 2 aromatic rings. The van der Waals surface area contributed by atoms with E-state index in [1.807, 2.05) is 47.4 Å². The zero-order chi connectivity index (χ0) is 23.5. The summed E-state index contributed by atoms with van der Waals surface area (Å²) in [5.74, 6) is 7.09. The lowest BCUT2D eigenvalue weighted by atomic mass is 9.78. The molecule has 4 rings (SSSR count). The molecule has 0 bridgehead atoms. The highest BCUT2D eigenvalue weighted by Crippen LogP contribution is 2.38. The van der Waals surface area contributed by atoms with Crippen LogP contribution in [0.25, 0.3) is 11.3 Å². The first kappa shape index (κ1) is 24.0. The molecule has 33 heavy (non-hydrogen) atoms. The van der Waals surface area contributed by atoms with Crippen LogP contribution in [-0.2, 0) is 4.79 Å². The number of aliphatic imine (C=N–C) groups is 1. The van der Waals surface area contributed by atoms with Crippen molar-refractivity contribution in [2.75, 3.05) is 4.43 Å². The van der Waals surface area contributed by atoms with Crippen molar-refractivity contribution >= 4 is 55.8 Å². The van der Waals surface area contributed by atoms with E-state index in [2.05, 4.69) is 43.6 Å². The number of halogens is 2. The Hall–Kier alpha value is -2.18. The number of carboxylic acids is 1. The number of carbonyl (C=O) groups is 1. The van der Waals surface area contributed by atoms with Crippen LogP contribution in [0.3, 0.4) is 0 Å². The van der Waals surface area contributed by atoms with Gasteiger partial charge in [-0.25, -0.2) is 20.5 Å². The highest BCUT2D eigenvalue weighted by molar-refractivity contribution is 14.1. The summed E-state index contributed by atoms with van der Waals surface area (Å²) >= 11 is 5.91. The number of nitrogens with zero attached hydrogens (tertiary/aromatic N) is 4. The van der Waals surface area contributed by atoms with Crippen LogP contribution in [0.1, 0.15) is 37.7 Å². The molecule has 10 heteroatoms. The second-order valence-corrected chi connectivity index (χ2v) is 9.88. The third kappa shape index (κ3) is 5.17. The van der Waals surface area contributed by atoms with Crippen LogP contribution in [0.15, 0.2) is 63.8 Å². The molecule has 1 aliphatic heterocycles. The smallest absolute Gasteiger partial charge is 0.303 e. The second-order valence-electron chi connectivity index (χ2n) is 8.33. The molecule has 0 saturated heterocycles. The normalized spacial score (nSPS) is 22.9. The van der Waals surface area contributed by atoms with Gasteiger partial charge in [0.15, 0.2) is 5.82 Å². The van der Waals surface area contributed by atoms with Gasteiger partial charge in [0.2, 0.25) is 0 Å². The van der Waals surface area contributed by atoms with Gasteiger partial charge in [0.25, 0.3) is 0 Å². The topological polar surface area (TPSA) is 123 Å². The van der Waals surface area contributed by atoms with Crippen LogP contribution in [0.2, 0.25) is 0 Å². The first-order chi connectivity index (χ1) is 15.9. The van der Waals surface area contributed by atoms with Crippen LogP contribution >= 0.6 is 38.5 Å². The van der Waals surface area contributed by atoms with Crippen LogP contribution in [0, 0.1) is 11.8 Å². The van der Waals surface area contributed by atoms with E-state index in [-0.39, 0.29) is 18.3 Å². The number of carboxylic acid groups (broad SMARTS) is 1. The largest absolute Gasteiger partial charge is 0.481 e. The molecule has 1 aromatic carbocycles. The first-order valence-electron chi connectivity index (χ1n) is 10.8. The van der Waals surface area contributed by atoms with Crippen molar-refractivity contribution in [3.05, 3.63) is 64.4 Å². The summed E-state index contributed by atoms with van der Waals surface area (Å²) in [6.45, 7) is 0. The average Bonchev–Trinajstić information content (AvgIpc) is 3.30. The van der Waals surface area contributed by atoms with Gasteiger partial charge in [-0.3, -0.25) is 4.79 Å². The summed E-state index contributed by atoms with van der Waals surface area (Å²) in [4.78, 5) is 16.1. The first-order valence-corrected chi connectivity index (χ1v) is 13.1. The van der Waals surface area contributed by atoms with Gasteiger partial charge in [-0.05, 0) is 59.7 Å². The van der Waals surface area contributed by atoms with E-state index in [9.17, 15) is 4.79 Å². The van der Waals surface area contributed by atoms with Crippen LogP contribution in [0.4, 0.5) is 0 Å². The predicted octanol–water partition coefficient (Wildman–Crippen LogP) is 4.41. The predicted molar refractivity (Wildman–Crippen MR) is 141 cm³/mol. The van der Waals surface area contributed by atoms with E-state index in [4.69, 9.17) is 21.7 Å². The average molecular weight is 625 g/mol. The van der Waals surface area contributed by atoms with Crippen molar-refractivity contribution in [2.45, 2.75) is 32.1 Å². The van der Waals surface area contributed by atoms with Gasteiger partial charge in [-0.15, -0.1) is 0 Å². The molecule has 0 radical (unpaired) electrons. The van der Waals surface area contributed by atoms with E-state index < -0.39 is 5.97 Å². The molecule has 174 valence electrons. The number of hydrazine groups is 1. The minimum atomic E-state index is -0.731. The van der Waals surface area contributed by atoms with E-state index in [1.54, 1.807) is 0 Å². The van der Waals surface area contributed by atoms with Crippen molar-refractivity contribution in [1.82, 2.24) is 14.8 Å². The molecule has 1 fully saturated rings. The molecular weight excluding hydrogens is 599 g/mol. The van der Waals surface area contributed by atoms with Crippen molar-refractivity contribution in [3.8, 4) is 5.69 Å². The molecule has 0 amide bonds. The van der Waals surface area contributed by atoms with E-state index >= 15 is 0 Å². The fraction of sp³-hybridized carbons (Fsp3) is 0.348. The Labute approximate surface area is 214 Å². The summed E-state index contributed by atoms with van der Waals surface area (Å²) < 4.78 is 3.21. The number of aliphatic carboxylic acids is 1. The lowest BCUT2D eigenvalue weighted by Crippen LogP contribution is -2.40. The number of rotatable bonds is 6. The summed E-state index contributed by atoms with van der Waals surface area (Å²) in [5.41, 5.74) is 10.1. The van der Waals surface area contributed by atoms with Gasteiger partial charge in [0.05, 0.1) is 22.1 Å². The molecule has 0 spiro atoms. The van der Waals surface area contributed by atoms with E-state index in [1.165, 1.54) is 5.01 Å². The summed E-state index contributed by atoms with van der Waals surface area (Å²) in [7, 11) is 0. The molecule has 1 aromatic heterocycles. The molecule has 1 saturated carbocycles. The number of para-hydroxylation sites is 1. The molecule has 5 N–H and O–H groups in total. The van der Waals surface area contributed by atoms with E-state index in [0.29, 0.717) is 20.6 Å². The van der Waals surface area contributed by atoms with Gasteiger partial charge >= 0.3 is 5.97 Å². The maximum Gasteiger partial charge on any atom is 0.303 e. The van der Waals surface area contributed by atoms with Crippen LogP contribution in [-0.4, -0.2) is 36.0 Å². The minimum Gasteiger partial charge on any atom is -0.481 e. The van der Waals surface area contributed by atoms with Crippen molar-refractivity contribution in [2.24, 2.45) is 28.4 Å². The number of allylic oxidation sites excluding steroid dienone is 2. The van der Waals surface area contributed by atoms with Crippen molar-refractivity contribution in [3.63, 3.8) is 0 Å². The lowest BCUT2D eigenvalue weighted by Gasteiger charge is -2.33. The Kier molecular flexibility index (Phi) is 7.55. The maximum atomic E-state index is 11.1. The zero-order valence-electron chi connectivity index (χ0n) is 18.0. The molecule has 2 aliphatic rings. The Morgan fingerprint density at radius 3 is 2.55 bits per heavy atom. The number of benzene rings is 1. The highest BCUT2D eigenvalue weighted by Gasteiger charge is 2.32. The third-order valence-electron chi connectivity index (χ3n) is 6.22. The molecular formula is C23H26BrIN6O2. The number of alkyl halides is 1. The maximum absolute atomic E-state index is 11.1. The quantitative estimate of drug-likeness (QED) is 0.249. The lowest BCUT2D eigenvalue weighted by molar-refractivity contribution is -0.138. The monoisotopic (exact) mass is 624 g/mol. The standard InChI is InChI=1S/C23H26BrIN6O2/c24-20-21(15-8-6-14(7-9-15)10-19(32)33)29-23(31(27)22(20)26)18(11-25)16-12-28-30(13-16)17-4-2-1-3-5-17/h1-5,12-15H,6-11,26-27H2,(H,32,33)/b23-18+. The number of hydrogen-bond acceptors (Lipinski definition) is 6. The summed E-state index contributed by atoms with van der Waals surface area (Å²) in [5, 5.41) is 15.1. The Bertz CT molecular complexity index is 1120. The van der Waals surface area contributed by atoms with Crippen molar-refractivity contribution < 1.29 is 9.90 Å². The fourth-order valence-electron chi connectivity index (χ4n) is 4.41. The third-order valence-corrected chi connectivity index (χ3v) is 7.79. The summed E-state index contributed by atoms with van der Waals surface area (Å²) in [6, 6.07) is 9.92. The zero-order valence-corrected chi connectivity index (χ0v) is 21.7. The SMILES string of the molecule is NC1=C(Br)C(C2CCC(CC(=O)O)CC2)=N/C(=C(/CI)c2cnn(-c3ccccc3)c2)N1N. The summed E-state index contributed by atoms with van der Waals surface area (Å²) in [6.07, 6.45) is 7.50. The molecule has 8 nitrogen and oxygen atoms in total. The minimum absolute atomic E-state index is 0.203. The Morgan fingerprint density at radius 2 is 1.91 bits per heavy atom. The van der Waals surface area contributed by atoms with E-state index in [0.717, 1.165) is 48.2 Å². The molecule has 0 atom stereocenters. The van der Waals surface area contributed by atoms with Gasteiger partial charge in [0.1, 0.15) is 5.82 Å². The van der Waals surface area contributed by atoms with Crippen LogP contribution < -0.4 is 11.6 Å². The molecule has 0 unspecified atom stereocenters. The second kappa shape index (κ2) is 10.4. The van der Waals surface area contributed by atoms with Crippen molar-refractivity contribution in [1.29, 1.82) is 0 Å². The fourth-order valence-corrected chi connectivity index (χ4v) is 5.79. The number of aromatic nitrogens is 2. The van der Waals surface area contributed by atoms with Crippen LogP contribution in [0.5, 0.6) is 0 Å². The number of nitrogens with two attached hydrogens (primary N) is 2. The molecule has 2 heterocycles. The molecule has 1 aliphatic carbocycles. The Morgan fingerprint density at radius 1 is 1.21 bits per heavy atom. The van der Waals surface area contributed by atoms with Gasteiger partial charge < -0.3 is 10.8 Å².